The predicted octanol–water partition coefficient (Wildman–Crippen LogP) is 2.76. The van der Waals surface area contributed by atoms with Gasteiger partial charge in [0.25, 0.3) is 0 Å². The number of sulfone groups is 1. The first-order valence-corrected chi connectivity index (χ1v) is 10.1. The molecule has 0 N–H and O–H groups in total. The molecular formula is C20H20O5S. The zero-order chi connectivity index (χ0) is 18.7. The Kier molecular flexibility index (Phi) is 5.23. The molecule has 0 unspecified atom stereocenters. The highest BCUT2D eigenvalue weighted by Crippen LogP contribution is 2.22. The van der Waals surface area contributed by atoms with Gasteiger partial charge in [-0.15, -0.1) is 0 Å². The van der Waals surface area contributed by atoms with Crippen LogP contribution in [0, 0.1) is 12.8 Å². The molecule has 1 aliphatic heterocycles. The number of hydrogen-bond donors (Lipinski definition) is 0. The van der Waals surface area contributed by atoms with Gasteiger partial charge in [-0.1, -0.05) is 35.9 Å². The van der Waals surface area contributed by atoms with Gasteiger partial charge < -0.3 is 4.74 Å². The highest BCUT2D eigenvalue weighted by atomic mass is 32.2. The molecule has 0 aromatic heterocycles. The maximum atomic E-state index is 12.5. The van der Waals surface area contributed by atoms with E-state index in [4.69, 9.17) is 4.74 Å². The molecule has 2 aromatic carbocycles. The Morgan fingerprint density at radius 1 is 1.15 bits per heavy atom. The molecule has 1 saturated heterocycles. The summed E-state index contributed by atoms with van der Waals surface area (Å²) in [5.74, 6) is -1.30. The van der Waals surface area contributed by atoms with Crippen molar-refractivity contribution in [2.75, 3.05) is 12.4 Å². The molecule has 0 aliphatic carbocycles. The van der Waals surface area contributed by atoms with Crippen LogP contribution in [0.5, 0.6) is 0 Å². The van der Waals surface area contributed by atoms with Crippen molar-refractivity contribution in [1.82, 2.24) is 0 Å². The Hall–Kier alpha value is -2.47. The van der Waals surface area contributed by atoms with E-state index in [0.717, 1.165) is 11.1 Å². The number of ketones is 1. The van der Waals surface area contributed by atoms with Gasteiger partial charge in [-0.05, 0) is 37.1 Å². The van der Waals surface area contributed by atoms with Gasteiger partial charge in [-0.25, -0.2) is 8.42 Å². The van der Waals surface area contributed by atoms with Crippen molar-refractivity contribution in [2.24, 2.45) is 5.92 Å². The number of carbonyl (C=O) groups is 2. The molecule has 1 atom stereocenters. The van der Waals surface area contributed by atoms with Crippen molar-refractivity contribution < 1.29 is 22.7 Å². The largest absolute Gasteiger partial charge is 0.465 e. The maximum absolute atomic E-state index is 12.5. The zero-order valence-electron chi connectivity index (χ0n) is 14.5. The summed E-state index contributed by atoms with van der Waals surface area (Å²) in [4.78, 5) is 24.0. The molecule has 0 spiro atoms. The normalized spacial score (nSPS) is 17.1. The average Bonchev–Trinajstić information content (AvgIpc) is 2.99. The fourth-order valence-corrected chi connectivity index (χ4v) is 4.55. The highest BCUT2D eigenvalue weighted by molar-refractivity contribution is 7.91. The molecule has 0 radical (unpaired) electrons. The minimum atomic E-state index is -3.57. The van der Waals surface area contributed by atoms with Crippen LogP contribution in [0.2, 0.25) is 0 Å². The Morgan fingerprint density at radius 2 is 1.88 bits per heavy atom. The van der Waals surface area contributed by atoms with Crippen LogP contribution in [0.4, 0.5) is 0 Å². The van der Waals surface area contributed by atoms with Crippen molar-refractivity contribution in [3.05, 3.63) is 65.2 Å². The summed E-state index contributed by atoms with van der Waals surface area (Å²) >= 11 is 0. The molecule has 0 amide bonds. The molecule has 5 nitrogen and oxygen atoms in total. The number of ether oxygens (including phenoxy) is 1. The number of cyclic esters (lactones) is 1. The second kappa shape index (κ2) is 7.41. The van der Waals surface area contributed by atoms with E-state index in [9.17, 15) is 18.0 Å². The van der Waals surface area contributed by atoms with Gasteiger partial charge >= 0.3 is 5.97 Å². The van der Waals surface area contributed by atoms with Crippen molar-refractivity contribution in [3.8, 4) is 0 Å². The third-order valence-corrected chi connectivity index (χ3v) is 6.28. The number of esters is 1. The number of aryl methyl sites for hydroxylation is 1. The summed E-state index contributed by atoms with van der Waals surface area (Å²) in [7, 11) is -3.57. The molecule has 136 valence electrons. The van der Waals surface area contributed by atoms with Gasteiger partial charge in [0.15, 0.2) is 15.6 Å². The van der Waals surface area contributed by atoms with E-state index in [1.165, 1.54) is 12.1 Å². The number of rotatable bonds is 6. The second-order valence-electron chi connectivity index (χ2n) is 6.55. The van der Waals surface area contributed by atoms with Gasteiger partial charge in [-0.3, -0.25) is 9.59 Å². The lowest BCUT2D eigenvalue weighted by Crippen LogP contribution is -2.20. The van der Waals surface area contributed by atoms with E-state index < -0.39 is 21.7 Å². The van der Waals surface area contributed by atoms with Crippen LogP contribution < -0.4 is 0 Å². The van der Waals surface area contributed by atoms with Crippen molar-refractivity contribution >= 4 is 21.6 Å². The summed E-state index contributed by atoms with van der Waals surface area (Å²) < 4.78 is 29.7. The Bertz CT molecular complexity index is 929. The van der Waals surface area contributed by atoms with Crippen LogP contribution in [0.15, 0.2) is 53.4 Å². The van der Waals surface area contributed by atoms with Crippen LogP contribution in [0.3, 0.4) is 0 Å². The summed E-state index contributed by atoms with van der Waals surface area (Å²) in [6.07, 6.45) is 0.639. The van der Waals surface area contributed by atoms with Gasteiger partial charge in [0.1, 0.15) is 0 Å². The summed E-state index contributed by atoms with van der Waals surface area (Å²) in [5.41, 5.74) is 2.40. The van der Waals surface area contributed by atoms with Crippen molar-refractivity contribution in [3.63, 3.8) is 0 Å². The minimum absolute atomic E-state index is 0.0157. The fraction of sp³-hybridized carbons (Fsp3) is 0.300. The van der Waals surface area contributed by atoms with E-state index in [-0.39, 0.29) is 29.5 Å². The zero-order valence-corrected chi connectivity index (χ0v) is 15.3. The smallest absolute Gasteiger partial charge is 0.310 e. The average molecular weight is 372 g/mol. The topological polar surface area (TPSA) is 77.5 Å². The summed E-state index contributed by atoms with van der Waals surface area (Å²) in [5, 5.41) is 0. The minimum Gasteiger partial charge on any atom is -0.465 e. The standard InChI is InChI=1S/C20H20O5S/c1-14-3-2-4-16(11-14)19(21)12-15-5-7-18(8-6-15)26(23,24)13-17-9-10-25-20(17)22/h2-8,11,17H,9-10,12-13H2,1H3/t17-/m1/s1. The van der Waals surface area contributed by atoms with E-state index >= 15 is 0 Å². The molecular weight excluding hydrogens is 352 g/mol. The van der Waals surface area contributed by atoms with Gasteiger partial charge in [-0.2, -0.15) is 0 Å². The number of carbonyl (C=O) groups excluding carboxylic acids is 2. The molecule has 1 heterocycles. The highest BCUT2D eigenvalue weighted by Gasteiger charge is 2.32. The Labute approximate surface area is 152 Å². The Morgan fingerprint density at radius 3 is 2.50 bits per heavy atom. The SMILES string of the molecule is Cc1cccc(C(=O)Cc2ccc(S(=O)(=O)C[C@H]3CCOC3=O)cc2)c1. The fourth-order valence-electron chi connectivity index (χ4n) is 2.97. The summed E-state index contributed by atoms with van der Waals surface area (Å²) in [6.45, 7) is 2.20. The molecule has 0 bridgehead atoms. The van der Waals surface area contributed by atoms with Crippen LogP contribution >= 0.6 is 0 Å². The van der Waals surface area contributed by atoms with Crippen LogP contribution in [0.25, 0.3) is 0 Å². The van der Waals surface area contributed by atoms with Crippen molar-refractivity contribution in [2.45, 2.75) is 24.7 Å². The second-order valence-corrected chi connectivity index (χ2v) is 8.58. The number of Topliss-reactive ketones (excluding diaryl/α,β-unsaturated/α-hetero) is 1. The monoisotopic (exact) mass is 372 g/mol. The van der Waals surface area contributed by atoms with Crippen molar-refractivity contribution in [1.29, 1.82) is 0 Å². The summed E-state index contributed by atoms with van der Waals surface area (Å²) in [6, 6.07) is 13.7. The third-order valence-electron chi connectivity index (χ3n) is 4.45. The van der Waals surface area contributed by atoms with Gasteiger partial charge in [0, 0.05) is 12.0 Å². The number of hydrogen-bond acceptors (Lipinski definition) is 5. The van der Waals surface area contributed by atoms with Gasteiger partial charge in [0.05, 0.1) is 23.2 Å². The van der Waals surface area contributed by atoms with E-state index in [0.29, 0.717) is 12.0 Å². The molecule has 2 aromatic rings. The van der Waals surface area contributed by atoms with Gasteiger partial charge in [0.2, 0.25) is 0 Å². The van der Waals surface area contributed by atoms with E-state index in [1.807, 2.05) is 25.1 Å². The van der Waals surface area contributed by atoms with E-state index in [1.54, 1.807) is 18.2 Å². The molecule has 1 fully saturated rings. The Balaban J connectivity index is 1.70. The molecule has 26 heavy (non-hydrogen) atoms. The number of benzene rings is 2. The first kappa shape index (κ1) is 18.3. The maximum Gasteiger partial charge on any atom is 0.310 e. The lowest BCUT2D eigenvalue weighted by molar-refractivity contribution is -0.140. The molecule has 6 heteroatoms. The third kappa shape index (κ3) is 4.19. The van der Waals surface area contributed by atoms with E-state index in [2.05, 4.69) is 0 Å². The molecule has 0 saturated carbocycles. The first-order chi connectivity index (χ1) is 12.3. The molecule has 1 aliphatic rings. The van der Waals surface area contributed by atoms with Crippen LogP contribution in [-0.4, -0.2) is 32.5 Å². The lowest BCUT2D eigenvalue weighted by Gasteiger charge is -2.08. The van der Waals surface area contributed by atoms with Crippen LogP contribution in [0.1, 0.15) is 27.9 Å². The quantitative estimate of drug-likeness (QED) is 0.576. The van der Waals surface area contributed by atoms with Crippen LogP contribution in [-0.2, 0) is 25.8 Å². The molecule has 3 rings (SSSR count). The lowest BCUT2D eigenvalue weighted by atomic mass is 10.0. The predicted molar refractivity (Wildman–Crippen MR) is 96.8 cm³/mol. The first-order valence-electron chi connectivity index (χ1n) is 8.43.